The number of amides is 2. The van der Waals surface area contributed by atoms with Crippen LogP contribution in [0.4, 0.5) is 11.4 Å². The SMILES string of the molecule is CCCCOc1cccc(C(=O)NC(=S)Nc2cc(NC(=O)CC)ccc2Cl)c1. The van der Waals surface area contributed by atoms with Crippen LogP contribution in [0.5, 0.6) is 5.75 Å². The molecule has 6 nitrogen and oxygen atoms in total. The number of ether oxygens (including phenoxy) is 1. The van der Waals surface area contributed by atoms with Crippen LogP contribution in [0.15, 0.2) is 42.5 Å². The normalized spacial score (nSPS) is 10.2. The van der Waals surface area contributed by atoms with Crippen molar-refractivity contribution in [1.82, 2.24) is 5.32 Å². The largest absolute Gasteiger partial charge is 0.494 e. The Labute approximate surface area is 181 Å². The van der Waals surface area contributed by atoms with Gasteiger partial charge in [-0.25, -0.2) is 0 Å². The third-order valence-electron chi connectivity index (χ3n) is 3.91. The minimum Gasteiger partial charge on any atom is -0.494 e. The molecular weight excluding hydrogens is 410 g/mol. The van der Waals surface area contributed by atoms with Crippen molar-refractivity contribution in [2.45, 2.75) is 33.1 Å². The average molecular weight is 434 g/mol. The number of benzene rings is 2. The predicted molar refractivity (Wildman–Crippen MR) is 121 cm³/mol. The summed E-state index contributed by atoms with van der Waals surface area (Å²) in [6.45, 7) is 4.45. The maximum Gasteiger partial charge on any atom is 0.257 e. The Hall–Kier alpha value is -2.64. The van der Waals surface area contributed by atoms with E-state index in [2.05, 4.69) is 22.9 Å². The molecule has 0 fully saturated rings. The monoisotopic (exact) mass is 433 g/mol. The Bertz CT molecular complexity index is 889. The fourth-order valence-electron chi connectivity index (χ4n) is 2.34. The van der Waals surface area contributed by atoms with Gasteiger partial charge in [-0.1, -0.05) is 37.9 Å². The van der Waals surface area contributed by atoms with E-state index in [1.54, 1.807) is 49.4 Å². The van der Waals surface area contributed by atoms with E-state index in [0.717, 1.165) is 12.8 Å². The van der Waals surface area contributed by atoms with Crippen molar-refractivity contribution in [3.05, 3.63) is 53.1 Å². The van der Waals surface area contributed by atoms with Gasteiger partial charge in [0, 0.05) is 17.7 Å². The molecule has 3 N–H and O–H groups in total. The minimum atomic E-state index is -0.366. The van der Waals surface area contributed by atoms with E-state index in [4.69, 9.17) is 28.6 Å². The molecule has 29 heavy (non-hydrogen) atoms. The maximum atomic E-state index is 12.5. The molecule has 2 aromatic rings. The first-order valence-electron chi connectivity index (χ1n) is 9.37. The summed E-state index contributed by atoms with van der Waals surface area (Å²) in [7, 11) is 0. The first-order chi connectivity index (χ1) is 13.9. The minimum absolute atomic E-state index is 0.0909. The van der Waals surface area contributed by atoms with Gasteiger partial charge in [0.2, 0.25) is 5.91 Å². The lowest BCUT2D eigenvalue weighted by atomic mass is 10.2. The lowest BCUT2D eigenvalue weighted by Crippen LogP contribution is -2.34. The van der Waals surface area contributed by atoms with E-state index in [9.17, 15) is 9.59 Å². The molecule has 2 amide bonds. The van der Waals surface area contributed by atoms with Crippen LogP contribution in [0.25, 0.3) is 0 Å². The smallest absolute Gasteiger partial charge is 0.257 e. The van der Waals surface area contributed by atoms with Crippen molar-refractivity contribution in [3.8, 4) is 5.75 Å². The quantitative estimate of drug-likeness (QED) is 0.403. The highest BCUT2D eigenvalue weighted by Crippen LogP contribution is 2.25. The number of anilines is 2. The molecule has 0 aliphatic carbocycles. The van der Waals surface area contributed by atoms with E-state index < -0.39 is 0 Å². The number of carbonyl (C=O) groups is 2. The summed E-state index contributed by atoms with van der Waals surface area (Å²) >= 11 is 11.4. The summed E-state index contributed by atoms with van der Waals surface area (Å²) in [5.74, 6) is 0.151. The zero-order chi connectivity index (χ0) is 21.2. The second-order valence-electron chi connectivity index (χ2n) is 6.23. The van der Waals surface area contributed by atoms with Gasteiger partial charge in [-0.05, 0) is 55.0 Å². The Morgan fingerprint density at radius 3 is 2.62 bits per heavy atom. The number of hydrogen-bond acceptors (Lipinski definition) is 4. The van der Waals surface area contributed by atoms with Crippen molar-refractivity contribution in [1.29, 1.82) is 0 Å². The molecule has 0 atom stereocenters. The molecule has 0 radical (unpaired) electrons. The summed E-state index contributed by atoms with van der Waals surface area (Å²) in [6, 6.07) is 11.9. The zero-order valence-electron chi connectivity index (χ0n) is 16.4. The van der Waals surface area contributed by atoms with Crippen LogP contribution in [0, 0.1) is 0 Å². The topological polar surface area (TPSA) is 79.5 Å². The van der Waals surface area contributed by atoms with Crippen molar-refractivity contribution in [3.63, 3.8) is 0 Å². The van der Waals surface area contributed by atoms with Crippen molar-refractivity contribution in [2.75, 3.05) is 17.2 Å². The van der Waals surface area contributed by atoms with Gasteiger partial charge >= 0.3 is 0 Å². The predicted octanol–water partition coefficient (Wildman–Crippen LogP) is 4.99. The average Bonchev–Trinajstić information content (AvgIpc) is 2.70. The summed E-state index contributed by atoms with van der Waals surface area (Å²) in [4.78, 5) is 24.0. The Balaban J connectivity index is 2.00. The molecule has 0 unspecified atom stereocenters. The van der Waals surface area contributed by atoms with Crippen LogP contribution >= 0.6 is 23.8 Å². The highest BCUT2D eigenvalue weighted by atomic mass is 35.5. The van der Waals surface area contributed by atoms with Gasteiger partial charge < -0.3 is 15.4 Å². The second-order valence-corrected chi connectivity index (χ2v) is 7.05. The molecule has 0 bridgehead atoms. The molecule has 8 heteroatoms. The van der Waals surface area contributed by atoms with Crippen LogP contribution in [-0.2, 0) is 4.79 Å². The summed E-state index contributed by atoms with van der Waals surface area (Å²) < 4.78 is 5.63. The van der Waals surface area contributed by atoms with E-state index >= 15 is 0 Å². The molecule has 2 aromatic carbocycles. The highest BCUT2D eigenvalue weighted by molar-refractivity contribution is 7.80. The lowest BCUT2D eigenvalue weighted by Gasteiger charge is -2.13. The van der Waals surface area contributed by atoms with Crippen molar-refractivity contribution >= 4 is 52.1 Å². The molecule has 2 rings (SSSR count). The summed E-state index contributed by atoms with van der Waals surface area (Å²) in [5, 5.41) is 8.74. The van der Waals surface area contributed by atoms with Crippen molar-refractivity contribution < 1.29 is 14.3 Å². The van der Waals surface area contributed by atoms with Gasteiger partial charge in [-0.2, -0.15) is 0 Å². The van der Waals surface area contributed by atoms with E-state index in [-0.39, 0.29) is 16.9 Å². The first-order valence-corrected chi connectivity index (χ1v) is 10.2. The fraction of sp³-hybridized carbons (Fsp3) is 0.286. The number of unbranched alkanes of at least 4 members (excludes halogenated alkanes) is 1. The van der Waals surface area contributed by atoms with E-state index in [1.165, 1.54) is 0 Å². The van der Waals surface area contributed by atoms with Crippen molar-refractivity contribution in [2.24, 2.45) is 0 Å². The molecular formula is C21H24ClN3O3S. The third-order valence-corrected chi connectivity index (χ3v) is 4.44. The first kappa shape index (κ1) is 22.6. The molecule has 154 valence electrons. The second kappa shape index (κ2) is 11.4. The Morgan fingerprint density at radius 2 is 1.90 bits per heavy atom. The Kier molecular flexibility index (Phi) is 8.89. The molecule has 0 spiro atoms. The van der Waals surface area contributed by atoms with Crippen LogP contribution in [0.1, 0.15) is 43.5 Å². The summed E-state index contributed by atoms with van der Waals surface area (Å²) in [5.41, 5.74) is 1.48. The molecule has 0 aliphatic rings. The van der Waals surface area contributed by atoms with E-state index in [1.807, 2.05) is 0 Å². The fourth-order valence-corrected chi connectivity index (χ4v) is 2.71. The van der Waals surface area contributed by atoms with Gasteiger partial charge in [0.25, 0.3) is 5.91 Å². The van der Waals surface area contributed by atoms with Crippen LogP contribution in [0.3, 0.4) is 0 Å². The molecule has 0 saturated heterocycles. The Morgan fingerprint density at radius 1 is 1.10 bits per heavy atom. The zero-order valence-corrected chi connectivity index (χ0v) is 18.0. The van der Waals surface area contributed by atoms with Crippen LogP contribution in [0.2, 0.25) is 5.02 Å². The highest BCUT2D eigenvalue weighted by Gasteiger charge is 2.11. The number of rotatable bonds is 8. The summed E-state index contributed by atoms with van der Waals surface area (Å²) in [6.07, 6.45) is 2.34. The van der Waals surface area contributed by atoms with Crippen LogP contribution < -0.4 is 20.7 Å². The van der Waals surface area contributed by atoms with Gasteiger partial charge in [0.1, 0.15) is 5.75 Å². The van der Waals surface area contributed by atoms with Crippen LogP contribution in [-0.4, -0.2) is 23.5 Å². The van der Waals surface area contributed by atoms with Gasteiger partial charge in [0.05, 0.1) is 17.3 Å². The molecule has 0 aromatic heterocycles. The number of thiocarbonyl (C=S) groups is 1. The lowest BCUT2D eigenvalue weighted by molar-refractivity contribution is -0.115. The number of hydrogen-bond donors (Lipinski definition) is 3. The number of nitrogens with one attached hydrogen (secondary N) is 3. The van der Waals surface area contributed by atoms with E-state index in [0.29, 0.717) is 40.7 Å². The molecule has 0 heterocycles. The number of carbonyl (C=O) groups excluding carboxylic acids is 2. The van der Waals surface area contributed by atoms with Gasteiger partial charge in [-0.3, -0.25) is 14.9 Å². The molecule has 0 saturated carbocycles. The van der Waals surface area contributed by atoms with Gasteiger partial charge in [0.15, 0.2) is 5.11 Å². The molecule has 0 aliphatic heterocycles. The standard InChI is InChI=1S/C21H24ClN3O3S/c1-3-5-11-28-16-8-6-7-14(12-16)20(27)25-21(29)24-18-13-15(9-10-17(18)22)23-19(26)4-2/h6-10,12-13H,3-5,11H2,1-2H3,(H,23,26)(H2,24,25,27,29). The maximum absolute atomic E-state index is 12.5. The van der Waals surface area contributed by atoms with Gasteiger partial charge in [-0.15, -0.1) is 0 Å². The third kappa shape index (κ3) is 7.36. The number of halogens is 1.